The smallest absolute Gasteiger partial charge is 0.0518 e. The lowest BCUT2D eigenvalue weighted by Gasteiger charge is -2.52. The molecule has 0 unspecified atom stereocenters. The lowest BCUT2D eigenvalue weighted by Crippen LogP contribution is -2.45. The third-order valence-electron chi connectivity index (χ3n) is 15.2. The molecule has 62 heavy (non-hydrogen) atoms. The van der Waals surface area contributed by atoms with E-state index in [2.05, 4.69) is 199 Å². The Hall–Kier alpha value is -5.66. The van der Waals surface area contributed by atoms with Crippen LogP contribution in [0.2, 0.25) is 10.0 Å². The SMILES string of the molecule is Cc1ccccc1C[C@@]12c3ccccc3[C@@H](c3cccc(Cl)c31)c1c(C)ccc(C)c12.Cc1ccccc1C[C@@]12c3ccccc3[C@@H](c3cccc(Cl)c31)c1c(C)ccc(C)c12. The van der Waals surface area contributed by atoms with Crippen LogP contribution in [0.15, 0.2) is 158 Å². The van der Waals surface area contributed by atoms with Gasteiger partial charge < -0.3 is 0 Å². The van der Waals surface area contributed by atoms with E-state index in [4.69, 9.17) is 23.2 Å². The summed E-state index contributed by atoms with van der Waals surface area (Å²) >= 11 is 14.1. The molecule has 304 valence electrons. The normalized spacial score (nSPS) is 20.2. The molecule has 6 aliphatic rings. The first-order valence-electron chi connectivity index (χ1n) is 22.1. The summed E-state index contributed by atoms with van der Waals surface area (Å²) in [5.41, 5.74) is 27.4. The van der Waals surface area contributed by atoms with E-state index in [1.807, 2.05) is 0 Å². The molecule has 4 bridgehead atoms. The number of benzene rings is 8. The number of aryl methyl sites for hydroxylation is 6. The maximum atomic E-state index is 7.06. The molecule has 0 heterocycles. The Kier molecular flexibility index (Phi) is 9.14. The third-order valence-corrected chi connectivity index (χ3v) is 15.9. The summed E-state index contributed by atoms with van der Waals surface area (Å²) in [6, 6.07) is 57.9. The van der Waals surface area contributed by atoms with Crippen molar-refractivity contribution in [3.63, 3.8) is 0 Å². The van der Waals surface area contributed by atoms with Gasteiger partial charge in [-0.2, -0.15) is 0 Å². The zero-order valence-corrected chi connectivity index (χ0v) is 37.8. The van der Waals surface area contributed by atoms with E-state index in [0.717, 1.165) is 22.9 Å². The molecule has 0 N–H and O–H groups in total. The van der Waals surface area contributed by atoms with Gasteiger partial charge in [-0.25, -0.2) is 0 Å². The molecule has 0 aromatic heterocycles. The Labute approximate surface area is 377 Å². The van der Waals surface area contributed by atoms with E-state index in [1.165, 1.54) is 111 Å². The summed E-state index contributed by atoms with van der Waals surface area (Å²) in [5, 5.41) is 1.77. The Morgan fingerprint density at radius 3 is 1.11 bits per heavy atom. The van der Waals surface area contributed by atoms with Crippen molar-refractivity contribution in [1.82, 2.24) is 0 Å². The highest BCUT2D eigenvalue weighted by atomic mass is 35.5. The van der Waals surface area contributed by atoms with Crippen molar-refractivity contribution in [2.24, 2.45) is 0 Å². The number of hydrogen-bond donors (Lipinski definition) is 0. The molecule has 0 fully saturated rings. The molecule has 4 atom stereocenters. The van der Waals surface area contributed by atoms with Crippen LogP contribution in [-0.4, -0.2) is 0 Å². The van der Waals surface area contributed by atoms with Crippen molar-refractivity contribution < 1.29 is 0 Å². The molecule has 0 aliphatic heterocycles. The van der Waals surface area contributed by atoms with Gasteiger partial charge in [0.05, 0.1) is 10.8 Å². The first-order chi connectivity index (χ1) is 30.1. The molecule has 0 spiro atoms. The minimum Gasteiger partial charge on any atom is -0.0840 e. The monoisotopic (exact) mass is 840 g/mol. The van der Waals surface area contributed by atoms with Gasteiger partial charge in [-0.3, -0.25) is 0 Å². The summed E-state index contributed by atoms with van der Waals surface area (Å²) in [7, 11) is 0. The van der Waals surface area contributed by atoms with Crippen molar-refractivity contribution in [3.8, 4) is 0 Å². The number of halogens is 2. The quantitative estimate of drug-likeness (QED) is 0.166. The largest absolute Gasteiger partial charge is 0.0840 e. The van der Waals surface area contributed by atoms with Crippen molar-refractivity contribution >= 4 is 23.2 Å². The lowest BCUT2D eigenvalue weighted by atomic mass is 9.50. The van der Waals surface area contributed by atoms with Gasteiger partial charge in [-0.1, -0.05) is 169 Å². The maximum Gasteiger partial charge on any atom is 0.0518 e. The van der Waals surface area contributed by atoms with Gasteiger partial charge in [0.2, 0.25) is 0 Å². The average Bonchev–Trinajstić information content (AvgIpc) is 3.28. The lowest BCUT2D eigenvalue weighted by molar-refractivity contribution is 0.534. The molecule has 2 heteroatoms. The second-order valence-corrected chi connectivity index (χ2v) is 19.3. The second kappa shape index (κ2) is 14.5. The summed E-state index contributed by atoms with van der Waals surface area (Å²) in [4.78, 5) is 0. The summed E-state index contributed by atoms with van der Waals surface area (Å²) in [5.74, 6) is 0.497. The van der Waals surface area contributed by atoms with Crippen molar-refractivity contribution in [3.05, 3.63) is 279 Å². The Balaban J connectivity index is 0.000000139. The van der Waals surface area contributed by atoms with E-state index in [1.54, 1.807) is 0 Å². The third kappa shape index (κ3) is 5.33. The van der Waals surface area contributed by atoms with Gasteiger partial charge in [0.15, 0.2) is 0 Å². The predicted molar refractivity (Wildman–Crippen MR) is 259 cm³/mol. The predicted octanol–water partition coefficient (Wildman–Crippen LogP) is 15.3. The van der Waals surface area contributed by atoms with Crippen LogP contribution in [0.3, 0.4) is 0 Å². The van der Waals surface area contributed by atoms with Gasteiger partial charge in [0.25, 0.3) is 0 Å². The highest BCUT2D eigenvalue weighted by Gasteiger charge is 2.55. The fourth-order valence-corrected chi connectivity index (χ4v) is 13.4. The van der Waals surface area contributed by atoms with E-state index in [0.29, 0.717) is 0 Å². The molecular formula is C60H50Cl2. The Bertz CT molecular complexity index is 2940. The molecule has 8 aromatic carbocycles. The molecule has 0 saturated heterocycles. The molecule has 0 radical (unpaired) electrons. The minimum absolute atomic E-state index is 0.249. The second-order valence-electron chi connectivity index (χ2n) is 18.4. The number of rotatable bonds is 4. The first kappa shape index (κ1) is 39.2. The van der Waals surface area contributed by atoms with Crippen LogP contribution in [0.4, 0.5) is 0 Å². The zero-order chi connectivity index (χ0) is 42.7. The van der Waals surface area contributed by atoms with Gasteiger partial charge in [-0.15, -0.1) is 0 Å². The van der Waals surface area contributed by atoms with Crippen LogP contribution in [0, 0.1) is 41.5 Å². The molecular weight excluding hydrogens is 792 g/mol. The first-order valence-corrected chi connectivity index (χ1v) is 22.9. The molecule has 8 aromatic rings. The van der Waals surface area contributed by atoms with E-state index in [-0.39, 0.29) is 22.7 Å². The summed E-state index contributed by atoms with van der Waals surface area (Å²) < 4.78 is 0. The van der Waals surface area contributed by atoms with Crippen LogP contribution in [0.1, 0.15) is 123 Å². The van der Waals surface area contributed by atoms with Crippen molar-refractivity contribution in [2.45, 2.75) is 77.0 Å². The van der Waals surface area contributed by atoms with E-state index in [9.17, 15) is 0 Å². The van der Waals surface area contributed by atoms with Crippen molar-refractivity contribution in [1.29, 1.82) is 0 Å². The molecule has 0 nitrogen and oxygen atoms in total. The fraction of sp³-hybridized carbons (Fsp3) is 0.200. The average molecular weight is 842 g/mol. The van der Waals surface area contributed by atoms with Gasteiger partial charge in [0, 0.05) is 21.9 Å². The van der Waals surface area contributed by atoms with E-state index < -0.39 is 0 Å². The van der Waals surface area contributed by atoms with Gasteiger partial charge in [-0.05, 0) is 178 Å². The van der Waals surface area contributed by atoms with Crippen LogP contribution in [-0.2, 0) is 23.7 Å². The van der Waals surface area contributed by atoms with Gasteiger partial charge >= 0.3 is 0 Å². The van der Waals surface area contributed by atoms with Crippen LogP contribution in [0.25, 0.3) is 0 Å². The highest BCUT2D eigenvalue weighted by molar-refractivity contribution is 6.32. The minimum atomic E-state index is -0.281. The summed E-state index contributed by atoms with van der Waals surface area (Å²) in [6.07, 6.45) is 1.83. The highest BCUT2D eigenvalue weighted by Crippen LogP contribution is 2.64. The van der Waals surface area contributed by atoms with E-state index >= 15 is 0 Å². The molecule has 14 rings (SSSR count). The molecule has 0 amide bonds. The number of hydrogen-bond acceptors (Lipinski definition) is 0. The molecule has 0 saturated carbocycles. The molecule has 6 aliphatic carbocycles. The standard InChI is InChI=1S/2C30H25Cl/c2*1-18-9-4-5-10-21(18)17-30-24-13-7-6-11-22(24)27(23-12-8-14-25(31)29(23)30)26-19(2)15-16-20(3)28(26)30/h2*4-16,27H,17H2,1-3H3/t2*27-,30-/m00/s1. The summed E-state index contributed by atoms with van der Waals surface area (Å²) in [6.45, 7) is 13.5. The topological polar surface area (TPSA) is 0 Å². The maximum absolute atomic E-state index is 7.06. The van der Waals surface area contributed by atoms with Gasteiger partial charge in [0.1, 0.15) is 0 Å². The Morgan fingerprint density at radius 1 is 0.339 bits per heavy atom. The zero-order valence-electron chi connectivity index (χ0n) is 36.3. The fourth-order valence-electron chi connectivity index (χ4n) is 12.8. The van der Waals surface area contributed by atoms with Crippen molar-refractivity contribution in [2.75, 3.05) is 0 Å². The van der Waals surface area contributed by atoms with Crippen LogP contribution in [0.5, 0.6) is 0 Å². The Morgan fingerprint density at radius 2 is 0.694 bits per heavy atom. The van der Waals surface area contributed by atoms with Crippen LogP contribution < -0.4 is 0 Å². The van der Waals surface area contributed by atoms with Crippen LogP contribution >= 0.6 is 23.2 Å².